The maximum absolute atomic E-state index is 14.5. The third-order valence-corrected chi connectivity index (χ3v) is 20.3. The SMILES string of the molecule is CC(C)C[C@H](NC(=O)[C@H](CCC(=O)O)NC(=O)CNC(=O)[C@H](CCC(=O)O)NC(=O)[C@H](C)N)C(=O)N[C@@H](CCCNC(=N)N)C(=O)N[C@@H](C)C(=O)N[C@@H](CCC(N)=O)C(=O)N[C@@H](CCC(N)=O)C(=O)N[C@H](C(=O)N[C@H](C(=O)N[C@@H](CCC(=O)O)C(=O)N[C@@H](Cc1ccccc1)C(=O)N[C@@H](CO)C(=O)NCC(=O)N[C@@H](CC(=O)O)C(=O)N1CCC[C@H]1C(=O)N[C@@H](C)C(=O)O)C(C)C)C(C)C. The van der Waals surface area contributed by atoms with Crippen molar-refractivity contribution in [1.82, 2.24) is 95.3 Å². The van der Waals surface area contributed by atoms with Crippen molar-refractivity contribution in [1.29, 1.82) is 5.41 Å². The maximum atomic E-state index is 14.5. The molecule has 2 rings (SSSR count). The van der Waals surface area contributed by atoms with Gasteiger partial charge in [-0.2, -0.15) is 0 Å². The zero-order valence-corrected chi connectivity index (χ0v) is 75.7. The van der Waals surface area contributed by atoms with Crippen LogP contribution in [0, 0.1) is 23.2 Å². The number of guanidine groups is 1. The van der Waals surface area contributed by atoms with Crippen LogP contribution in [0.25, 0.3) is 0 Å². The predicted octanol–water partition coefficient (Wildman–Crippen LogP) is -10.1. The molecule has 32 N–H and O–H groups in total. The molecule has 53 nitrogen and oxygen atoms in total. The van der Waals surface area contributed by atoms with Gasteiger partial charge in [-0.25, -0.2) is 0 Å². The van der Waals surface area contributed by atoms with E-state index in [0.29, 0.717) is 5.56 Å². The van der Waals surface area contributed by atoms with E-state index in [9.17, 15) is 146 Å². The largest absolute Gasteiger partial charge is 0.481 e. The number of carbonyl (C=O) groups is 24. The second-order valence-electron chi connectivity index (χ2n) is 32.8. The zero-order valence-electron chi connectivity index (χ0n) is 75.7. The van der Waals surface area contributed by atoms with Crippen LogP contribution in [0.4, 0.5) is 0 Å². The molecular weight excluding hydrogens is 1780 g/mol. The smallest absolute Gasteiger partial charge is 0.325 e. The fraction of sp³-hybridized carbons (Fsp3) is 0.617. The molecule has 0 bridgehead atoms. The standard InChI is InChI=1S/C81H127N23O30/c1-37(2)31-50(99-70(123)46(22-27-60(112)113)92-57(108)34-88-67(120)45(21-26-59(110)111)94-65(118)40(7)82)74(127)96-44(17-13-29-87-81(85)86)69(122)90-41(8)66(119)95-47(19-24-55(83)106)71(124)97-48(20-25-56(84)107)73(126)102-64(39(5)6)78(131)103-63(38(3)4)77(130)98-49(23-28-61(114)115)72(125)100-51(32-43-15-11-10-12-16-43)75(128)101-53(36-105)68(121)89-35-58(109)93-52(33-62(116)117)79(132)104-30-14-18-54(104)76(129)91-42(9)80(133)134/h10-12,15-16,37-42,44-54,63-64,105H,13-14,17-36,82H2,1-9H3,(H2,83,106)(H2,84,107)(H,88,120)(H,89,121)(H,90,122)(H,91,129)(H,92,108)(H,93,109)(H,94,118)(H,95,119)(H,96,127)(H,97,124)(H,98,130)(H,99,123)(H,100,125)(H,101,128)(H,102,126)(H,103,131)(H,110,111)(H,112,113)(H,114,115)(H,116,117)(H,133,134)(H4,85,86,87)/t40-,41-,42-,44-,45-,46-,47-,48-,49-,50-,51-,52-,53-,54-,63-,64-/m0/s1. The highest BCUT2D eigenvalue weighted by atomic mass is 16.4. The molecule has 1 saturated heterocycles. The van der Waals surface area contributed by atoms with Crippen LogP contribution in [0.15, 0.2) is 30.3 Å². The number of nitrogens with one attached hydrogen (secondary N) is 18. The molecular formula is C81H127N23O30. The minimum atomic E-state index is -1.92. The number of aliphatic hydroxyl groups excluding tert-OH is 1. The minimum Gasteiger partial charge on any atom is -0.481 e. The van der Waals surface area contributed by atoms with E-state index in [-0.39, 0.29) is 45.2 Å². The van der Waals surface area contributed by atoms with Gasteiger partial charge in [0, 0.05) is 51.6 Å². The first-order chi connectivity index (χ1) is 62.7. The van der Waals surface area contributed by atoms with Crippen LogP contribution < -0.4 is 113 Å². The molecule has 1 fully saturated rings. The van der Waals surface area contributed by atoms with Crippen LogP contribution in [0.5, 0.6) is 0 Å². The average Bonchev–Trinajstić information content (AvgIpc) is 1.70. The molecule has 0 radical (unpaired) electrons. The van der Waals surface area contributed by atoms with Crippen molar-refractivity contribution in [3.8, 4) is 0 Å². The summed E-state index contributed by atoms with van der Waals surface area (Å²) in [6, 6.07) is -18.4. The second-order valence-corrected chi connectivity index (χ2v) is 32.8. The normalized spacial score (nSPS) is 15.5. The van der Waals surface area contributed by atoms with Gasteiger partial charge >= 0.3 is 29.8 Å². The van der Waals surface area contributed by atoms with Crippen molar-refractivity contribution in [2.24, 2.45) is 40.7 Å². The lowest BCUT2D eigenvalue weighted by Crippen LogP contribution is -2.62. The summed E-state index contributed by atoms with van der Waals surface area (Å²) in [4.78, 5) is 319. The monoisotopic (exact) mass is 1900 g/mol. The van der Waals surface area contributed by atoms with E-state index in [1.165, 1.54) is 53.7 Å². The number of amides is 19. The van der Waals surface area contributed by atoms with Crippen LogP contribution in [0.2, 0.25) is 0 Å². The van der Waals surface area contributed by atoms with Gasteiger partial charge in [0.1, 0.15) is 90.6 Å². The lowest BCUT2D eigenvalue weighted by molar-refractivity contribution is -0.147. The highest BCUT2D eigenvalue weighted by Crippen LogP contribution is 2.21. The number of benzene rings is 1. The number of carboxylic acid groups (broad SMARTS) is 5. The molecule has 0 aliphatic carbocycles. The Morgan fingerprint density at radius 3 is 1.23 bits per heavy atom. The molecule has 134 heavy (non-hydrogen) atoms. The molecule has 0 aromatic heterocycles. The Hall–Kier alpha value is -14.3. The molecule has 1 heterocycles. The number of primary amides is 2. The van der Waals surface area contributed by atoms with E-state index in [1.807, 2.05) is 0 Å². The number of rotatable bonds is 62. The summed E-state index contributed by atoms with van der Waals surface area (Å²) in [5.74, 6) is -30.8. The van der Waals surface area contributed by atoms with E-state index in [0.717, 1.165) is 11.8 Å². The fourth-order valence-corrected chi connectivity index (χ4v) is 13.0. The van der Waals surface area contributed by atoms with Crippen LogP contribution in [0.3, 0.4) is 0 Å². The summed E-state index contributed by atoms with van der Waals surface area (Å²) in [5, 5.41) is 105. The van der Waals surface area contributed by atoms with Gasteiger partial charge in [-0.3, -0.25) is 120 Å². The summed E-state index contributed by atoms with van der Waals surface area (Å²) < 4.78 is 0. The Morgan fingerprint density at radius 1 is 0.403 bits per heavy atom. The third-order valence-electron chi connectivity index (χ3n) is 20.3. The Bertz CT molecular complexity index is 4360. The van der Waals surface area contributed by atoms with E-state index < -0.39 is 359 Å². The number of aliphatic hydroxyl groups is 1. The van der Waals surface area contributed by atoms with Gasteiger partial charge in [0.25, 0.3) is 0 Å². The number of hydrogen-bond donors (Lipinski definition) is 28. The third kappa shape index (κ3) is 43.6. The van der Waals surface area contributed by atoms with Crippen molar-refractivity contribution in [3.05, 3.63) is 35.9 Å². The predicted molar refractivity (Wildman–Crippen MR) is 466 cm³/mol. The van der Waals surface area contributed by atoms with Gasteiger partial charge in [0.2, 0.25) is 112 Å². The molecule has 1 aliphatic heterocycles. The Labute approximate surface area is 769 Å². The average molecular weight is 1900 g/mol. The lowest BCUT2D eigenvalue weighted by atomic mass is 9.98. The van der Waals surface area contributed by atoms with Crippen molar-refractivity contribution >= 4 is 148 Å². The Morgan fingerprint density at radius 2 is 0.784 bits per heavy atom. The van der Waals surface area contributed by atoms with Gasteiger partial charge in [-0.05, 0) is 108 Å². The summed E-state index contributed by atoms with van der Waals surface area (Å²) in [6.07, 6.45) is -7.96. The number of carbonyl (C=O) groups excluding carboxylic acids is 19. The number of hydrogen-bond acceptors (Lipinski definition) is 27. The van der Waals surface area contributed by atoms with E-state index in [2.05, 4.69) is 90.4 Å². The molecule has 0 unspecified atom stereocenters. The van der Waals surface area contributed by atoms with Crippen LogP contribution in [-0.2, 0) is 121 Å². The Balaban J connectivity index is 2.46. The molecule has 1 aromatic rings. The van der Waals surface area contributed by atoms with Crippen molar-refractivity contribution in [2.45, 2.75) is 268 Å². The fourth-order valence-electron chi connectivity index (χ4n) is 13.0. The van der Waals surface area contributed by atoms with Crippen LogP contribution >= 0.6 is 0 Å². The Kier molecular flexibility index (Phi) is 50.5. The number of likely N-dealkylation sites (tertiary alicyclic amines) is 1. The zero-order chi connectivity index (χ0) is 102. The van der Waals surface area contributed by atoms with Crippen molar-refractivity contribution in [3.63, 3.8) is 0 Å². The number of nitrogens with two attached hydrogens (primary N) is 4. The first-order valence-electron chi connectivity index (χ1n) is 42.9. The lowest BCUT2D eigenvalue weighted by Gasteiger charge is -2.30. The molecule has 0 saturated carbocycles. The quantitative estimate of drug-likeness (QED) is 0.0164. The van der Waals surface area contributed by atoms with Gasteiger partial charge in [-0.1, -0.05) is 71.9 Å². The van der Waals surface area contributed by atoms with Crippen molar-refractivity contribution < 1.29 is 146 Å². The van der Waals surface area contributed by atoms with Gasteiger partial charge in [0.15, 0.2) is 5.96 Å². The summed E-state index contributed by atoms with van der Waals surface area (Å²) in [5.41, 5.74) is 22.3. The molecule has 746 valence electrons. The van der Waals surface area contributed by atoms with E-state index >= 15 is 0 Å². The van der Waals surface area contributed by atoms with Crippen molar-refractivity contribution in [2.75, 3.05) is 32.8 Å². The highest BCUT2D eigenvalue weighted by Gasteiger charge is 2.42. The van der Waals surface area contributed by atoms with Gasteiger partial charge < -0.3 is 149 Å². The first kappa shape index (κ1) is 116. The maximum Gasteiger partial charge on any atom is 0.325 e. The molecule has 19 amide bonds. The van der Waals surface area contributed by atoms with Crippen LogP contribution in [0.1, 0.15) is 171 Å². The molecule has 1 aliphatic rings. The molecule has 16 atom stereocenters. The number of carboxylic acids is 5. The summed E-state index contributed by atoms with van der Waals surface area (Å²) in [6.45, 7) is 9.31. The van der Waals surface area contributed by atoms with E-state index in [4.69, 9.17) is 28.3 Å². The number of nitrogens with zero attached hydrogens (tertiary/aromatic N) is 1. The molecule has 1 aromatic carbocycles. The first-order valence-corrected chi connectivity index (χ1v) is 42.9. The molecule has 53 heteroatoms. The second kappa shape index (κ2) is 58.5. The topological polar surface area (TPSA) is 867 Å². The summed E-state index contributed by atoms with van der Waals surface area (Å²) in [7, 11) is 0. The van der Waals surface area contributed by atoms with Gasteiger partial charge in [-0.15, -0.1) is 0 Å². The van der Waals surface area contributed by atoms with Gasteiger partial charge in [0.05, 0.1) is 32.2 Å². The minimum absolute atomic E-state index is 0.0327. The molecule has 0 spiro atoms. The van der Waals surface area contributed by atoms with E-state index in [1.54, 1.807) is 32.0 Å². The highest BCUT2D eigenvalue weighted by molar-refractivity contribution is 6.02. The number of aliphatic carboxylic acids is 5. The summed E-state index contributed by atoms with van der Waals surface area (Å²) >= 11 is 0. The van der Waals surface area contributed by atoms with Crippen LogP contribution in [-0.4, -0.2) is 313 Å².